The van der Waals surface area contributed by atoms with Crippen molar-refractivity contribution >= 4 is 27.4 Å². The third kappa shape index (κ3) is 5.52. The fraction of sp³-hybridized carbons (Fsp3) is 0.370. The molecule has 38 heavy (non-hydrogen) atoms. The molecule has 2 aromatic heterocycles. The molecular weight excluding hydrogens is 517 g/mol. The summed E-state index contributed by atoms with van der Waals surface area (Å²) in [7, 11) is -3.54. The molecule has 0 radical (unpaired) electrons. The van der Waals surface area contributed by atoms with Crippen LogP contribution in [0.15, 0.2) is 65.8 Å². The number of hydrogen-bond donors (Lipinski definition) is 1. The van der Waals surface area contributed by atoms with Gasteiger partial charge in [0, 0.05) is 31.4 Å². The quantitative estimate of drug-likeness (QED) is 0.442. The maximum Gasteiger partial charge on any atom is 0.417 e. The topological polar surface area (TPSA) is 92.3 Å². The number of sulfone groups is 1. The van der Waals surface area contributed by atoms with Gasteiger partial charge in [-0.25, -0.2) is 18.4 Å². The number of carbonyl (C=O) groups excluding carboxylic acids is 1. The summed E-state index contributed by atoms with van der Waals surface area (Å²) < 4.78 is 64.8. The second kappa shape index (κ2) is 10.4. The predicted octanol–water partition coefficient (Wildman–Crippen LogP) is 5.49. The summed E-state index contributed by atoms with van der Waals surface area (Å²) in [6, 6.07) is 12.6. The van der Waals surface area contributed by atoms with E-state index >= 15 is 0 Å². The molecule has 1 aliphatic heterocycles. The highest BCUT2D eigenvalue weighted by Gasteiger charge is 2.33. The lowest BCUT2D eigenvalue weighted by Crippen LogP contribution is -2.33. The normalized spacial score (nSPS) is 20.5. The first-order valence-electron chi connectivity index (χ1n) is 12.5. The second-order valence-corrected chi connectivity index (χ2v) is 11.9. The molecule has 1 N–H and O–H groups in total. The standard InChI is InChI=1S/C27H27F3N4O3S/c28-27(29,30)20-5-12-24(32-17-20)33-21-6-10-23(11-7-21)38(36,37)22-8-3-18(4-9-22)19-13-14-31-25(16-19)34-15-1-2-26(34)35/h3-5,8-9,12-14,16-17,21,23H,1-2,6-7,10-11,15H2,(H,32,33). The van der Waals surface area contributed by atoms with Gasteiger partial charge in [0.1, 0.15) is 11.6 Å². The fourth-order valence-electron chi connectivity index (χ4n) is 5.04. The van der Waals surface area contributed by atoms with E-state index in [2.05, 4.69) is 15.3 Å². The van der Waals surface area contributed by atoms with Crippen molar-refractivity contribution in [1.82, 2.24) is 9.97 Å². The third-order valence-electron chi connectivity index (χ3n) is 7.17. The van der Waals surface area contributed by atoms with E-state index in [0.717, 1.165) is 29.8 Å². The second-order valence-electron chi connectivity index (χ2n) is 9.67. The first kappa shape index (κ1) is 26.1. The molecule has 200 valence electrons. The number of nitrogens with one attached hydrogen (secondary N) is 1. The van der Waals surface area contributed by atoms with Gasteiger partial charge in [0.25, 0.3) is 0 Å². The van der Waals surface area contributed by atoms with Crippen LogP contribution >= 0.6 is 0 Å². The Hall–Kier alpha value is -3.47. The Bertz CT molecular complexity index is 1400. The zero-order valence-corrected chi connectivity index (χ0v) is 21.3. The molecule has 1 amide bonds. The number of nitrogens with zero attached hydrogens (tertiary/aromatic N) is 3. The van der Waals surface area contributed by atoms with E-state index in [9.17, 15) is 26.4 Å². The summed E-state index contributed by atoms with van der Waals surface area (Å²) in [5.74, 6) is 0.989. The van der Waals surface area contributed by atoms with Crippen molar-refractivity contribution in [3.8, 4) is 11.1 Å². The lowest BCUT2D eigenvalue weighted by atomic mass is 9.95. The average Bonchev–Trinajstić information content (AvgIpc) is 3.35. The van der Waals surface area contributed by atoms with E-state index in [4.69, 9.17) is 0 Å². The van der Waals surface area contributed by atoms with Crippen LogP contribution in [0.1, 0.15) is 44.1 Å². The maximum absolute atomic E-state index is 13.3. The zero-order valence-electron chi connectivity index (χ0n) is 20.5. The number of aromatic nitrogens is 2. The summed E-state index contributed by atoms with van der Waals surface area (Å²) in [6.45, 7) is 0.644. The highest BCUT2D eigenvalue weighted by molar-refractivity contribution is 7.92. The Morgan fingerprint density at radius 1 is 0.921 bits per heavy atom. The van der Waals surface area contributed by atoms with Gasteiger partial charge in [-0.3, -0.25) is 9.69 Å². The van der Waals surface area contributed by atoms with Gasteiger partial charge in [-0.05, 0) is 79.6 Å². The van der Waals surface area contributed by atoms with E-state index in [1.54, 1.807) is 35.4 Å². The average molecular weight is 545 g/mol. The van der Waals surface area contributed by atoms with Crippen LogP contribution in [0.2, 0.25) is 0 Å². The minimum atomic E-state index is -4.44. The number of amides is 1. The number of hydrogen-bond acceptors (Lipinski definition) is 6. The van der Waals surface area contributed by atoms with Crippen molar-refractivity contribution in [2.45, 2.75) is 60.9 Å². The van der Waals surface area contributed by atoms with Crippen LogP contribution in [0.5, 0.6) is 0 Å². The van der Waals surface area contributed by atoms with E-state index in [-0.39, 0.29) is 16.8 Å². The number of benzene rings is 1. The fourth-order valence-corrected chi connectivity index (χ4v) is 6.83. The summed E-state index contributed by atoms with van der Waals surface area (Å²) >= 11 is 0. The Balaban J connectivity index is 1.21. The molecule has 1 aromatic carbocycles. The number of carbonyl (C=O) groups is 1. The van der Waals surface area contributed by atoms with Crippen molar-refractivity contribution < 1.29 is 26.4 Å². The van der Waals surface area contributed by atoms with Crippen LogP contribution in [-0.2, 0) is 20.8 Å². The largest absolute Gasteiger partial charge is 0.417 e. The molecule has 3 aromatic rings. The van der Waals surface area contributed by atoms with Gasteiger partial charge >= 0.3 is 6.18 Å². The van der Waals surface area contributed by atoms with Gasteiger partial charge in [-0.2, -0.15) is 13.2 Å². The van der Waals surface area contributed by atoms with E-state index in [1.165, 1.54) is 6.07 Å². The third-order valence-corrected chi connectivity index (χ3v) is 9.45. The Labute approximate surface area is 219 Å². The van der Waals surface area contributed by atoms with Crippen LogP contribution in [0.3, 0.4) is 0 Å². The lowest BCUT2D eigenvalue weighted by molar-refractivity contribution is -0.137. The zero-order chi connectivity index (χ0) is 26.9. The highest BCUT2D eigenvalue weighted by atomic mass is 32.2. The molecule has 1 saturated heterocycles. The molecule has 0 atom stereocenters. The van der Waals surface area contributed by atoms with Crippen molar-refractivity contribution in [3.05, 3.63) is 66.5 Å². The van der Waals surface area contributed by atoms with Gasteiger partial charge in [0.05, 0.1) is 15.7 Å². The van der Waals surface area contributed by atoms with Gasteiger partial charge in [-0.1, -0.05) is 12.1 Å². The molecule has 2 fully saturated rings. The molecule has 1 aliphatic carbocycles. The van der Waals surface area contributed by atoms with Gasteiger partial charge in [0.15, 0.2) is 9.84 Å². The Kier molecular flexibility index (Phi) is 7.13. The first-order chi connectivity index (χ1) is 18.1. The van der Waals surface area contributed by atoms with Crippen LogP contribution < -0.4 is 10.2 Å². The van der Waals surface area contributed by atoms with E-state index in [1.807, 2.05) is 12.1 Å². The SMILES string of the molecule is O=C1CCCN1c1cc(-c2ccc(S(=O)(=O)C3CCC(Nc4ccc(C(F)(F)F)cn4)CC3)cc2)ccn1. The van der Waals surface area contributed by atoms with Gasteiger partial charge in [0.2, 0.25) is 5.91 Å². The van der Waals surface area contributed by atoms with Gasteiger partial charge in [-0.15, -0.1) is 0 Å². The van der Waals surface area contributed by atoms with Crippen LogP contribution in [0.4, 0.5) is 24.8 Å². The van der Waals surface area contributed by atoms with Crippen LogP contribution in [0, 0.1) is 0 Å². The van der Waals surface area contributed by atoms with Gasteiger partial charge < -0.3 is 5.32 Å². The maximum atomic E-state index is 13.3. The molecule has 0 spiro atoms. The number of rotatable bonds is 6. The molecule has 2 aliphatic rings. The first-order valence-corrected chi connectivity index (χ1v) is 14.1. The summed E-state index contributed by atoms with van der Waals surface area (Å²) in [5, 5.41) is 2.59. The summed E-state index contributed by atoms with van der Waals surface area (Å²) in [4.78, 5) is 22.1. The number of pyridine rings is 2. The van der Waals surface area contributed by atoms with E-state index in [0.29, 0.717) is 50.3 Å². The monoisotopic (exact) mass is 544 g/mol. The van der Waals surface area contributed by atoms with Crippen molar-refractivity contribution in [2.75, 3.05) is 16.8 Å². The minimum Gasteiger partial charge on any atom is -0.367 e. The minimum absolute atomic E-state index is 0.0524. The molecular formula is C27H27F3N4O3S. The lowest BCUT2D eigenvalue weighted by Gasteiger charge is -2.29. The number of anilines is 2. The number of halogens is 3. The molecule has 0 unspecified atom stereocenters. The summed E-state index contributed by atoms with van der Waals surface area (Å²) in [6.07, 6.45) is 1.35. The number of alkyl halides is 3. The molecule has 3 heterocycles. The molecule has 11 heteroatoms. The van der Waals surface area contributed by atoms with Crippen LogP contribution in [-0.4, -0.2) is 42.1 Å². The van der Waals surface area contributed by atoms with Crippen molar-refractivity contribution in [1.29, 1.82) is 0 Å². The molecule has 5 rings (SSSR count). The smallest absolute Gasteiger partial charge is 0.367 e. The van der Waals surface area contributed by atoms with Crippen molar-refractivity contribution in [2.24, 2.45) is 0 Å². The van der Waals surface area contributed by atoms with Crippen LogP contribution in [0.25, 0.3) is 11.1 Å². The molecule has 1 saturated carbocycles. The molecule has 0 bridgehead atoms. The predicted molar refractivity (Wildman–Crippen MR) is 137 cm³/mol. The van der Waals surface area contributed by atoms with Crippen molar-refractivity contribution in [3.63, 3.8) is 0 Å². The Morgan fingerprint density at radius 3 is 2.26 bits per heavy atom. The summed E-state index contributed by atoms with van der Waals surface area (Å²) in [5.41, 5.74) is 0.869. The Morgan fingerprint density at radius 2 is 1.66 bits per heavy atom. The molecule has 7 nitrogen and oxygen atoms in total. The van der Waals surface area contributed by atoms with E-state index < -0.39 is 26.8 Å². The highest BCUT2D eigenvalue weighted by Crippen LogP contribution is 2.33.